The van der Waals surface area contributed by atoms with Crippen molar-refractivity contribution in [2.75, 3.05) is 17.2 Å². The second kappa shape index (κ2) is 7.72. The molecule has 0 aliphatic rings. The van der Waals surface area contributed by atoms with E-state index in [4.69, 9.17) is 28.6 Å². The second-order valence-electron chi connectivity index (χ2n) is 4.70. The molecule has 0 fully saturated rings. The maximum atomic E-state index is 12.8. The molecule has 128 valence electrons. The van der Waals surface area contributed by atoms with Gasteiger partial charge in [0.25, 0.3) is 0 Å². The standard InChI is InChI=1S/C16H14ClF3N2OS/c1-2-23-14-6-4-3-5-12(14)21-15(24)22-13-9-10(16(18,19)20)7-8-11(13)17/h3-9H,2H2,1H3,(H2,21,22,24). The zero-order valence-electron chi connectivity index (χ0n) is 12.6. The summed E-state index contributed by atoms with van der Waals surface area (Å²) in [6, 6.07) is 10.1. The fraction of sp³-hybridized carbons (Fsp3) is 0.188. The van der Waals surface area contributed by atoms with Crippen molar-refractivity contribution in [3.8, 4) is 5.75 Å². The van der Waals surface area contributed by atoms with Crippen LogP contribution in [-0.2, 0) is 6.18 Å². The molecule has 0 amide bonds. The van der Waals surface area contributed by atoms with E-state index in [1.165, 1.54) is 6.07 Å². The molecule has 0 unspecified atom stereocenters. The number of thiocarbonyl (C=S) groups is 1. The van der Waals surface area contributed by atoms with Crippen LogP contribution in [0.25, 0.3) is 0 Å². The molecule has 0 bridgehead atoms. The van der Waals surface area contributed by atoms with Crippen molar-refractivity contribution in [3.63, 3.8) is 0 Å². The largest absolute Gasteiger partial charge is 0.492 e. The van der Waals surface area contributed by atoms with Gasteiger partial charge in [-0.3, -0.25) is 0 Å². The van der Waals surface area contributed by atoms with Gasteiger partial charge in [0.1, 0.15) is 5.75 Å². The molecule has 0 aliphatic carbocycles. The average Bonchev–Trinajstić information content (AvgIpc) is 2.50. The van der Waals surface area contributed by atoms with Crippen LogP contribution in [0.4, 0.5) is 24.5 Å². The van der Waals surface area contributed by atoms with E-state index < -0.39 is 11.7 Å². The van der Waals surface area contributed by atoms with Crippen molar-refractivity contribution in [1.82, 2.24) is 0 Å². The van der Waals surface area contributed by atoms with Gasteiger partial charge in [0, 0.05) is 0 Å². The molecule has 8 heteroatoms. The molecule has 0 atom stereocenters. The van der Waals surface area contributed by atoms with Crippen molar-refractivity contribution in [3.05, 3.63) is 53.1 Å². The molecular weight excluding hydrogens is 361 g/mol. The lowest BCUT2D eigenvalue weighted by atomic mass is 10.2. The lowest BCUT2D eigenvalue weighted by Gasteiger charge is -2.16. The van der Waals surface area contributed by atoms with E-state index in [-0.39, 0.29) is 15.8 Å². The van der Waals surface area contributed by atoms with E-state index >= 15 is 0 Å². The van der Waals surface area contributed by atoms with E-state index in [1.807, 2.05) is 6.92 Å². The highest BCUT2D eigenvalue weighted by molar-refractivity contribution is 7.80. The number of alkyl halides is 3. The molecule has 0 radical (unpaired) electrons. The number of halogens is 4. The van der Waals surface area contributed by atoms with Crippen LogP contribution in [0.1, 0.15) is 12.5 Å². The third-order valence-electron chi connectivity index (χ3n) is 2.98. The van der Waals surface area contributed by atoms with Gasteiger partial charge in [-0.25, -0.2) is 0 Å². The van der Waals surface area contributed by atoms with Gasteiger partial charge in [0.05, 0.1) is 28.6 Å². The van der Waals surface area contributed by atoms with E-state index in [2.05, 4.69) is 10.6 Å². The van der Waals surface area contributed by atoms with E-state index in [9.17, 15) is 13.2 Å². The highest BCUT2D eigenvalue weighted by Crippen LogP contribution is 2.34. The maximum absolute atomic E-state index is 12.8. The van der Waals surface area contributed by atoms with Gasteiger partial charge in [-0.15, -0.1) is 0 Å². The number of nitrogens with one attached hydrogen (secondary N) is 2. The molecule has 0 heterocycles. The number of benzene rings is 2. The minimum Gasteiger partial charge on any atom is -0.492 e. The van der Waals surface area contributed by atoms with Gasteiger partial charge in [-0.1, -0.05) is 23.7 Å². The Balaban J connectivity index is 2.16. The average molecular weight is 375 g/mol. The van der Waals surface area contributed by atoms with Crippen molar-refractivity contribution in [2.24, 2.45) is 0 Å². The fourth-order valence-corrected chi connectivity index (χ4v) is 2.31. The van der Waals surface area contributed by atoms with Crippen molar-refractivity contribution < 1.29 is 17.9 Å². The summed E-state index contributed by atoms with van der Waals surface area (Å²) in [5.41, 5.74) is -0.148. The monoisotopic (exact) mass is 374 g/mol. The minimum absolute atomic E-state index is 0.0675. The molecule has 0 spiro atoms. The molecule has 2 aromatic rings. The van der Waals surface area contributed by atoms with E-state index in [0.717, 1.165) is 12.1 Å². The lowest BCUT2D eigenvalue weighted by Crippen LogP contribution is -2.20. The number of hydrogen-bond donors (Lipinski definition) is 2. The first-order chi connectivity index (χ1) is 11.3. The molecule has 2 N–H and O–H groups in total. The van der Waals surface area contributed by atoms with Crippen LogP contribution in [0.15, 0.2) is 42.5 Å². The van der Waals surface area contributed by atoms with Gasteiger partial charge >= 0.3 is 6.18 Å². The van der Waals surface area contributed by atoms with Crippen LogP contribution in [0.5, 0.6) is 5.75 Å². The first-order valence-electron chi connectivity index (χ1n) is 6.98. The Morgan fingerprint density at radius 2 is 1.79 bits per heavy atom. The van der Waals surface area contributed by atoms with Gasteiger partial charge < -0.3 is 15.4 Å². The third kappa shape index (κ3) is 4.75. The Kier molecular flexibility index (Phi) is 5.90. The molecule has 0 aliphatic heterocycles. The number of rotatable bonds is 4. The van der Waals surface area contributed by atoms with Gasteiger partial charge in [-0.2, -0.15) is 13.2 Å². The normalized spacial score (nSPS) is 11.0. The fourth-order valence-electron chi connectivity index (χ4n) is 1.92. The number of para-hydroxylation sites is 2. The topological polar surface area (TPSA) is 33.3 Å². The zero-order valence-corrected chi connectivity index (χ0v) is 14.1. The molecule has 24 heavy (non-hydrogen) atoms. The predicted molar refractivity (Wildman–Crippen MR) is 93.9 cm³/mol. The van der Waals surface area contributed by atoms with Gasteiger partial charge in [0.15, 0.2) is 5.11 Å². The summed E-state index contributed by atoms with van der Waals surface area (Å²) in [6.07, 6.45) is -4.46. The zero-order chi connectivity index (χ0) is 17.7. The van der Waals surface area contributed by atoms with E-state index in [1.54, 1.807) is 24.3 Å². The quantitative estimate of drug-likeness (QED) is 0.686. The molecule has 3 nitrogen and oxygen atoms in total. The van der Waals surface area contributed by atoms with Crippen LogP contribution in [-0.4, -0.2) is 11.7 Å². The van der Waals surface area contributed by atoms with Crippen molar-refractivity contribution >= 4 is 40.3 Å². The summed E-state index contributed by atoms with van der Waals surface area (Å²) in [5.74, 6) is 0.583. The SMILES string of the molecule is CCOc1ccccc1NC(=S)Nc1cc(C(F)(F)F)ccc1Cl. The lowest BCUT2D eigenvalue weighted by molar-refractivity contribution is -0.137. The number of anilines is 2. The van der Waals surface area contributed by atoms with Crippen LogP contribution >= 0.6 is 23.8 Å². The summed E-state index contributed by atoms with van der Waals surface area (Å²) < 4.78 is 43.8. The van der Waals surface area contributed by atoms with Crippen molar-refractivity contribution in [2.45, 2.75) is 13.1 Å². The third-order valence-corrected chi connectivity index (χ3v) is 3.51. The maximum Gasteiger partial charge on any atom is 0.416 e. The summed E-state index contributed by atoms with van der Waals surface area (Å²) in [6.45, 7) is 2.31. The Morgan fingerprint density at radius 1 is 1.12 bits per heavy atom. The Bertz CT molecular complexity index is 738. The predicted octanol–water partition coefficient (Wildman–Crippen LogP) is 5.57. The highest BCUT2D eigenvalue weighted by Gasteiger charge is 2.31. The smallest absolute Gasteiger partial charge is 0.416 e. The van der Waals surface area contributed by atoms with Gasteiger partial charge in [-0.05, 0) is 49.5 Å². The Labute approximate surface area is 147 Å². The van der Waals surface area contributed by atoms with E-state index in [0.29, 0.717) is 18.0 Å². The van der Waals surface area contributed by atoms with Crippen LogP contribution in [0.2, 0.25) is 5.02 Å². The van der Waals surface area contributed by atoms with Crippen LogP contribution < -0.4 is 15.4 Å². The molecule has 0 saturated heterocycles. The summed E-state index contributed by atoms with van der Waals surface area (Å²) >= 11 is 11.1. The van der Waals surface area contributed by atoms with Gasteiger partial charge in [0.2, 0.25) is 0 Å². The Hall–Kier alpha value is -1.99. The number of ether oxygens (including phenoxy) is 1. The second-order valence-corrected chi connectivity index (χ2v) is 5.52. The molecule has 0 aromatic heterocycles. The first-order valence-corrected chi connectivity index (χ1v) is 7.76. The number of hydrogen-bond acceptors (Lipinski definition) is 2. The minimum atomic E-state index is -4.46. The summed E-state index contributed by atoms with van der Waals surface area (Å²) in [7, 11) is 0. The molecule has 0 saturated carbocycles. The molecule has 2 aromatic carbocycles. The van der Waals surface area contributed by atoms with Crippen molar-refractivity contribution in [1.29, 1.82) is 0 Å². The Morgan fingerprint density at radius 3 is 2.46 bits per heavy atom. The van der Waals surface area contributed by atoms with Crippen LogP contribution in [0.3, 0.4) is 0 Å². The summed E-state index contributed by atoms with van der Waals surface area (Å²) in [5, 5.41) is 5.79. The molecule has 2 rings (SSSR count). The highest BCUT2D eigenvalue weighted by atomic mass is 35.5. The van der Waals surface area contributed by atoms with Crippen LogP contribution in [0, 0.1) is 0 Å². The molecular formula is C16H14ClF3N2OS. The summed E-state index contributed by atoms with van der Waals surface area (Å²) in [4.78, 5) is 0. The first kappa shape index (κ1) is 18.4.